The van der Waals surface area contributed by atoms with Crippen molar-refractivity contribution in [3.8, 4) is 5.75 Å². The van der Waals surface area contributed by atoms with E-state index >= 15 is 0 Å². The molecule has 0 bridgehead atoms. The Bertz CT molecular complexity index is 995. The van der Waals surface area contributed by atoms with Crippen LogP contribution in [0.1, 0.15) is 45.6 Å². The van der Waals surface area contributed by atoms with E-state index in [1.54, 1.807) is 12.1 Å². The molecule has 5 amide bonds. The van der Waals surface area contributed by atoms with Crippen LogP contribution in [0.25, 0.3) is 0 Å². The molecule has 5 N–H and O–H groups in total. The molecule has 2 aliphatic heterocycles. The number of carbonyl (C=O) groups is 5. The topological polar surface area (TPSA) is 157 Å². The van der Waals surface area contributed by atoms with E-state index in [1.165, 1.54) is 24.0 Å². The molecule has 2 heterocycles. The first-order valence-electron chi connectivity index (χ1n) is 12.3. The van der Waals surface area contributed by atoms with Gasteiger partial charge in [0.25, 0.3) is 0 Å². The van der Waals surface area contributed by atoms with Crippen LogP contribution in [0.3, 0.4) is 0 Å². The van der Waals surface area contributed by atoms with E-state index < -0.39 is 53.7 Å². The van der Waals surface area contributed by atoms with Gasteiger partial charge in [0, 0.05) is 13.0 Å². The second-order valence-corrected chi connectivity index (χ2v) is 9.82. The molecule has 0 radical (unpaired) electrons. The largest absolute Gasteiger partial charge is 0.508 e. The van der Waals surface area contributed by atoms with Crippen LogP contribution in [-0.2, 0) is 30.4 Å². The highest BCUT2D eigenvalue weighted by atomic mass is 16.3. The SMILES string of the molecule is CC(C)CC1NC(=O)C(Cc2ccc(O)cc2)NC(=O)C2CCCN2C(=O)CNC(=O)C(C)NC1=O. The number of fused-ring (bicyclic) bond motifs is 1. The fourth-order valence-electron chi connectivity index (χ4n) is 4.45. The van der Waals surface area contributed by atoms with Gasteiger partial charge in [-0.1, -0.05) is 26.0 Å². The molecule has 196 valence electrons. The van der Waals surface area contributed by atoms with Gasteiger partial charge in [0.2, 0.25) is 29.5 Å². The smallest absolute Gasteiger partial charge is 0.243 e. The van der Waals surface area contributed by atoms with Crippen molar-refractivity contribution in [2.45, 2.75) is 70.6 Å². The first kappa shape index (κ1) is 27.0. The molecule has 0 aromatic heterocycles. The molecule has 0 aliphatic carbocycles. The van der Waals surface area contributed by atoms with E-state index in [1.807, 2.05) is 13.8 Å². The third-order valence-corrected chi connectivity index (χ3v) is 6.39. The van der Waals surface area contributed by atoms with Gasteiger partial charge in [-0.25, -0.2) is 0 Å². The first-order chi connectivity index (χ1) is 17.0. The quantitative estimate of drug-likeness (QED) is 0.377. The van der Waals surface area contributed by atoms with E-state index in [-0.39, 0.29) is 24.6 Å². The lowest BCUT2D eigenvalue weighted by molar-refractivity contribution is -0.139. The summed E-state index contributed by atoms with van der Waals surface area (Å²) in [6, 6.07) is 2.62. The standard InChI is InChI=1S/C25H35N5O6/c1-14(2)11-18-23(34)27-15(3)22(33)26-13-21(32)30-10-4-5-20(30)25(36)29-19(24(35)28-18)12-16-6-8-17(31)9-7-16/h6-9,14-15,18-20,31H,4-5,10-13H2,1-3H3,(H,26,33)(H,27,34)(H,28,35)(H,29,36). The highest BCUT2D eigenvalue weighted by Gasteiger charge is 2.37. The van der Waals surface area contributed by atoms with Crippen LogP contribution in [0.4, 0.5) is 0 Å². The van der Waals surface area contributed by atoms with Crippen LogP contribution in [0.15, 0.2) is 24.3 Å². The van der Waals surface area contributed by atoms with Gasteiger partial charge in [0.15, 0.2) is 0 Å². The number of phenols is 1. The van der Waals surface area contributed by atoms with Crippen molar-refractivity contribution >= 4 is 29.5 Å². The fraction of sp³-hybridized carbons (Fsp3) is 0.560. The number of aromatic hydroxyl groups is 1. The summed E-state index contributed by atoms with van der Waals surface area (Å²) in [5.74, 6) is -2.38. The molecule has 4 unspecified atom stereocenters. The van der Waals surface area contributed by atoms with Gasteiger partial charge in [-0.15, -0.1) is 0 Å². The Hall–Kier alpha value is -3.63. The van der Waals surface area contributed by atoms with Crippen LogP contribution < -0.4 is 21.3 Å². The van der Waals surface area contributed by atoms with Gasteiger partial charge in [0.1, 0.15) is 29.9 Å². The van der Waals surface area contributed by atoms with Crippen LogP contribution in [0.5, 0.6) is 5.75 Å². The lowest BCUT2D eigenvalue weighted by atomic mass is 10.0. The maximum Gasteiger partial charge on any atom is 0.243 e. The first-order valence-corrected chi connectivity index (χ1v) is 12.3. The van der Waals surface area contributed by atoms with E-state index in [9.17, 15) is 29.1 Å². The lowest BCUT2D eigenvalue weighted by Gasteiger charge is -2.27. The monoisotopic (exact) mass is 501 g/mol. The Morgan fingerprint density at radius 2 is 1.56 bits per heavy atom. The zero-order valence-corrected chi connectivity index (χ0v) is 20.9. The van der Waals surface area contributed by atoms with Crippen LogP contribution in [0.2, 0.25) is 0 Å². The molecular formula is C25H35N5O6. The molecule has 2 fully saturated rings. The molecule has 0 spiro atoms. The molecule has 2 aliphatic rings. The van der Waals surface area contributed by atoms with Crippen molar-refractivity contribution in [3.05, 3.63) is 29.8 Å². The van der Waals surface area contributed by atoms with Gasteiger partial charge < -0.3 is 31.3 Å². The predicted molar refractivity (Wildman–Crippen MR) is 130 cm³/mol. The number of amides is 5. The Morgan fingerprint density at radius 1 is 0.917 bits per heavy atom. The summed E-state index contributed by atoms with van der Waals surface area (Å²) in [5.41, 5.74) is 0.693. The van der Waals surface area contributed by atoms with Gasteiger partial charge >= 0.3 is 0 Å². The van der Waals surface area contributed by atoms with Gasteiger partial charge in [-0.05, 0) is 49.8 Å². The second-order valence-electron chi connectivity index (χ2n) is 9.82. The summed E-state index contributed by atoms with van der Waals surface area (Å²) in [4.78, 5) is 66.3. The summed E-state index contributed by atoms with van der Waals surface area (Å²) in [6.45, 7) is 5.38. The second kappa shape index (κ2) is 11.9. The lowest BCUT2D eigenvalue weighted by Crippen LogP contribution is -2.57. The van der Waals surface area contributed by atoms with E-state index in [2.05, 4.69) is 21.3 Å². The summed E-state index contributed by atoms with van der Waals surface area (Å²) < 4.78 is 0. The summed E-state index contributed by atoms with van der Waals surface area (Å²) >= 11 is 0. The third-order valence-electron chi connectivity index (χ3n) is 6.39. The van der Waals surface area contributed by atoms with Crippen LogP contribution in [0, 0.1) is 5.92 Å². The summed E-state index contributed by atoms with van der Waals surface area (Å²) in [5, 5.41) is 20.2. The highest BCUT2D eigenvalue weighted by Crippen LogP contribution is 2.19. The average Bonchev–Trinajstić information content (AvgIpc) is 3.32. The third kappa shape index (κ3) is 6.96. The van der Waals surface area contributed by atoms with Crippen molar-refractivity contribution in [2.75, 3.05) is 13.1 Å². The molecule has 2 saturated heterocycles. The summed E-state index contributed by atoms with van der Waals surface area (Å²) in [6.07, 6.45) is 1.49. The number of phenolic OH excluding ortho intramolecular Hbond substituents is 1. The molecule has 11 heteroatoms. The minimum Gasteiger partial charge on any atom is -0.508 e. The van der Waals surface area contributed by atoms with E-state index in [4.69, 9.17) is 0 Å². The highest BCUT2D eigenvalue weighted by molar-refractivity contribution is 5.97. The van der Waals surface area contributed by atoms with Crippen LogP contribution in [-0.4, -0.2) is 76.8 Å². The van der Waals surface area contributed by atoms with E-state index in [0.29, 0.717) is 31.4 Å². The molecule has 0 saturated carbocycles. The van der Waals surface area contributed by atoms with Crippen LogP contribution >= 0.6 is 0 Å². The average molecular weight is 502 g/mol. The number of carbonyl (C=O) groups excluding carboxylic acids is 5. The summed E-state index contributed by atoms with van der Waals surface area (Å²) in [7, 11) is 0. The number of nitrogens with zero attached hydrogens (tertiary/aromatic N) is 1. The fourth-order valence-corrected chi connectivity index (χ4v) is 4.45. The number of rotatable bonds is 4. The maximum atomic E-state index is 13.4. The number of hydrogen-bond donors (Lipinski definition) is 5. The Balaban J connectivity index is 1.93. The predicted octanol–water partition coefficient (Wildman–Crippen LogP) is -0.424. The zero-order chi connectivity index (χ0) is 26.4. The minimum absolute atomic E-state index is 0.0575. The normalized spacial score (nSPS) is 26.3. The number of benzene rings is 1. The van der Waals surface area contributed by atoms with Crippen molar-refractivity contribution in [2.24, 2.45) is 5.92 Å². The number of nitrogens with one attached hydrogen (secondary N) is 4. The van der Waals surface area contributed by atoms with Gasteiger partial charge in [0.05, 0.1) is 6.54 Å². The molecule has 1 aromatic rings. The molecule has 36 heavy (non-hydrogen) atoms. The van der Waals surface area contributed by atoms with Crippen molar-refractivity contribution < 1.29 is 29.1 Å². The van der Waals surface area contributed by atoms with Gasteiger partial charge in [-0.2, -0.15) is 0 Å². The van der Waals surface area contributed by atoms with Crippen molar-refractivity contribution in [1.29, 1.82) is 0 Å². The van der Waals surface area contributed by atoms with Crippen molar-refractivity contribution in [3.63, 3.8) is 0 Å². The van der Waals surface area contributed by atoms with Crippen molar-refractivity contribution in [1.82, 2.24) is 26.2 Å². The zero-order valence-electron chi connectivity index (χ0n) is 20.9. The Kier molecular flexibility index (Phi) is 8.89. The maximum absolute atomic E-state index is 13.4. The molecule has 3 rings (SSSR count). The molecule has 4 atom stereocenters. The Labute approximate surface area is 210 Å². The van der Waals surface area contributed by atoms with Gasteiger partial charge in [-0.3, -0.25) is 24.0 Å². The molecular weight excluding hydrogens is 466 g/mol. The molecule has 11 nitrogen and oxygen atoms in total. The Morgan fingerprint density at radius 3 is 2.22 bits per heavy atom. The molecule has 1 aromatic carbocycles. The minimum atomic E-state index is -1.02. The van der Waals surface area contributed by atoms with E-state index in [0.717, 1.165) is 0 Å². The number of hydrogen-bond acceptors (Lipinski definition) is 6.